The molecule has 36 heavy (non-hydrogen) atoms. The number of esters is 1. The number of benzene rings is 4. The predicted octanol–water partition coefficient (Wildman–Crippen LogP) is 7.61. The molecule has 1 unspecified atom stereocenters. The van der Waals surface area contributed by atoms with Crippen LogP contribution in [0.1, 0.15) is 40.9 Å². The Morgan fingerprint density at radius 1 is 0.833 bits per heavy atom. The van der Waals surface area contributed by atoms with E-state index in [1.165, 1.54) is 0 Å². The Kier molecular flexibility index (Phi) is 5.49. The Hall–Kier alpha value is -3.77. The maximum atomic E-state index is 13.2. The highest BCUT2D eigenvalue weighted by molar-refractivity contribution is 9.10. The quantitative estimate of drug-likeness (QED) is 0.264. The van der Waals surface area contributed by atoms with Crippen LogP contribution in [0.2, 0.25) is 0 Å². The summed E-state index contributed by atoms with van der Waals surface area (Å²) in [5, 5.41) is 3.48. The summed E-state index contributed by atoms with van der Waals surface area (Å²) >= 11 is 3.72. The first kappa shape index (κ1) is 22.7. The van der Waals surface area contributed by atoms with Gasteiger partial charge in [0, 0.05) is 51.7 Å². The molecule has 0 bridgehead atoms. The average molecular weight is 541 g/mol. The van der Waals surface area contributed by atoms with Crippen molar-refractivity contribution in [3.05, 3.63) is 112 Å². The fourth-order valence-electron chi connectivity index (χ4n) is 5.24. The molecule has 1 spiro atoms. The van der Waals surface area contributed by atoms with Gasteiger partial charge in [-0.25, -0.2) is 4.79 Å². The lowest BCUT2D eigenvalue weighted by Gasteiger charge is -2.37. The number of nitrogens with zero attached hydrogens (tertiary/aromatic N) is 1. The first-order valence-electron chi connectivity index (χ1n) is 12.1. The van der Waals surface area contributed by atoms with E-state index in [2.05, 4.69) is 46.1 Å². The van der Waals surface area contributed by atoms with Crippen molar-refractivity contribution < 1.29 is 14.3 Å². The van der Waals surface area contributed by atoms with Gasteiger partial charge in [0.25, 0.3) is 0 Å². The third-order valence-corrected chi connectivity index (χ3v) is 7.62. The number of halogens is 1. The molecular formula is C30H25BrN2O3. The smallest absolute Gasteiger partial charge is 0.340 e. The zero-order valence-corrected chi connectivity index (χ0v) is 21.6. The van der Waals surface area contributed by atoms with E-state index in [1.54, 1.807) is 0 Å². The van der Waals surface area contributed by atoms with Crippen molar-refractivity contribution in [2.75, 3.05) is 23.3 Å². The van der Waals surface area contributed by atoms with E-state index in [4.69, 9.17) is 9.47 Å². The SMILES string of the molecule is CCN(CC)c1ccc2c(c1)Oc1cc(Br)c(Nc3ccccc3)cc1C21OC(=O)c2ccccc21. The fourth-order valence-corrected chi connectivity index (χ4v) is 5.66. The molecule has 2 heterocycles. The highest BCUT2D eigenvalue weighted by atomic mass is 79.9. The van der Waals surface area contributed by atoms with Crippen LogP contribution in [0.5, 0.6) is 11.5 Å². The average Bonchev–Trinajstić information content (AvgIpc) is 3.19. The van der Waals surface area contributed by atoms with Gasteiger partial charge in [-0.05, 0) is 72.2 Å². The lowest BCUT2D eigenvalue weighted by molar-refractivity contribution is 0.0224. The van der Waals surface area contributed by atoms with Crippen LogP contribution in [0.3, 0.4) is 0 Å². The lowest BCUT2D eigenvalue weighted by Crippen LogP contribution is -2.33. The number of para-hydroxylation sites is 1. The van der Waals surface area contributed by atoms with Crippen LogP contribution in [-0.2, 0) is 10.3 Å². The van der Waals surface area contributed by atoms with Gasteiger partial charge < -0.3 is 19.7 Å². The van der Waals surface area contributed by atoms with Crippen LogP contribution < -0.4 is 15.0 Å². The topological polar surface area (TPSA) is 50.8 Å². The zero-order chi connectivity index (χ0) is 24.9. The van der Waals surface area contributed by atoms with Gasteiger partial charge in [-0.2, -0.15) is 0 Å². The number of carbonyl (C=O) groups excluding carboxylic acids is 1. The first-order valence-corrected chi connectivity index (χ1v) is 12.9. The molecule has 0 fully saturated rings. The normalized spacial score (nSPS) is 17.0. The Balaban J connectivity index is 1.58. The molecule has 0 aliphatic carbocycles. The van der Waals surface area contributed by atoms with Gasteiger partial charge in [0.2, 0.25) is 0 Å². The molecule has 0 saturated heterocycles. The molecule has 1 N–H and O–H groups in total. The number of nitrogens with one attached hydrogen (secondary N) is 1. The van der Waals surface area contributed by atoms with Gasteiger partial charge in [-0.3, -0.25) is 0 Å². The van der Waals surface area contributed by atoms with Crippen molar-refractivity contribution in [3.63, 3.8) is 0 Å². The summed E-state index contributed by atoms with van der Waals surface area (Å²) in [6, 6.07) is 27.7. The molecule has 4 aromatic rings. The van der Waals surface area contributed by atoms with Crippen molar-refractivity contribution in [2.45, 2.75) is 19.4 Å². The Morgan fingerprint density at radius 2 is 1.56 bits per heavy atom. The summed E-state index contributed by atoms with van der Waals surface area (Å²) in [5.41, 5.74) is 4.77. The monoisotopic (exact) mass is 540 g/mol. The summed E-state index contributed by atoms with van der Waals surface area (Å²) in [4.78, 5) is 15.4. The van der Waals surface area contributed by atoms with Crippen molar-refractivity contribution in [3.8, 4) is 11.5 Å². The van der Waals surface area contributed by atoms with Gasteiger partial charge in [0.15, 0.2) is 5.60 Å². The van der Waals surface area contributed by atoms with Gasteiger partial charge in [0.1, 0.15) is 11.5 Å². The number of fused-ring (bicyclic) bond motifs is 6. The molecule has 2 aliphatic heterocycles. The van der Waals surface area contributed by atoms with Gasteiger partial charge in [-0.15, -0.1) is 0 Å². The Bertz CT molecular complexity index is 1480. The molecule has 6 heteroatoms. The summed E-state index contributed by atoms with van der Waals surface area (Å²) in [6.07, 6.45) is 0. The van der Waals surface area contributed by atoms with Crippen LogP contribution >= 0.6 is 15.9 Å². The van der Waals surface area contributed by atoms with Crippen molar-refractivity contribution in [1.82, 2.24) is 0 Å². The lowest BCUT2D eigenvalue weighted by atomic mass is 9.77. The van der Waals surface area contributed by atoms with E-state index in [0.717, 1.165) is 51.3 Å². The second kappa shape index (κ2) is 8.71. The number of ether oxygens (including phenoxy) is 2. The molecular weight excluding hydrogens is 516 g/mol. The molecule has 6 rings (SSSR count). The summed E-state index contributed by atoms with van der Waals surface area (Å²) in [5.74, 6) is 0.999. The second-order valence-electron chi connectivity index (χ2n) is 8.89. The van der Waals surface area contributed by atoms with E-state index in [0.29, 0.717) is 17.1 Å². The molecule has 0 amide bonds. The maximum absolute atomic E-state index is 13.2. The standard InChI is InChI=1S/C30H25BrN2O3/c1-3-33(4-2)20-14-15-23-27(16-20)35-28-18-25(31)26(32-19-10-6-5-7-11-19)17-24(28)30(23)22-13-9-8-12-21(22)29(34)36-30/h5-18,32H,3-4H2,1-2H3. The summed E-state index contributed by atoms with van der Waals surface area (Å²) in [6.45, 7) is 6.03. The minimum atomic E-state index is -1.10. The molecule has 0 saturated carbocycles. The van der Waals surface area contributed by atoms with E-state index in [-0.39, 0.29) is 5.97 Å². The minimum absolute atomic E-state index is 0.335. The fraction of sp³-hybridized carbons (Fsp3) is 0.167. The summed E-state index contributed by atoms with van der Waals surface area (Å²) < 4.78 is 13.7. The number of carbonyl (C=O) groups is 1. The largest absolute Gasteiger partial charge is 0.456 e. The van der Waals surface area contributed by atoms with Crippen LogP contribution in [0.4, 0.5) is 17.1 Å². The van der Waals surface area contributed by atoms with Crippen molar-refractivity contribution >= 4 is 39.0 Å². The first-order chi connectivity index (χ1) is 17.5. The Morgan fingerprint density at radius 3 is 2.33 bits per heavy atom. The van der Waals surface area contributed by atoms with E-state index in [1.807, 2.05) is 78.9 Å². The molecule has 4 aromatic carbocycles. The number of hydrogen-bond acceptors (Lipinski definition) is 5. The minimum Gasteiger partial charge on any atom is -0.456 e. The van der Waals surface area contributed by atoms with E-state index in [9.17, 15) is 4.79 Å². The van der Waals surface area contributed by atoms with Gasteiger partial charge in [-0.1, -0.05) is 36.4 Å². The highest BCUT2D eigenvalue weighted by Gasteiger charge is 2.53. The zero-order valence-electron chi connectivity index (χ0n) is 20.0. The van der Waals surface area contributed by atoms with E-state index < -0.39 is 5.60 Å². The number of hydrogen-bond donors (Lipinski definition) is 1. The van der Waals surface area contributed by atoms with Crippen LogP contribution in [-0.4, -0.2) is 19.1 Å². The highest BCUT2D eigenvalue weighted by Crippen LogP contribution is 2.57. The van der Waals surface area contributed by atoms with Gasteiger partial charge in [0.05, 0.1) is 11.3 Å². The molecule has 1 atom stereocenters. The third kappa shape index (κ3) is 3.39. The Labute approximate surface area is 218 Å². The molecule has 0 radical (unpaired) electrons. The second-order valence-corrected chi connectivity index (χ2v) is 9.74. The number of rotatable bonds is 5. The van der Waals surface area contributed by atoms with Crippen molar-refractivity contribution in [2.24, 2.45) is 0 Å². The summed E-state index contributed by atoms with van der Waals surface area (Å²) in [7, 11) is 0. The van der Waals surface area contributed by atoms with Crippen LogP contribution in [0, 0.1) is 0 Å². The van der Waals surface area contributed by atoms with E-state index >= 15 is 0 Å². The van der Waals surface area contributed by atoms with Crippen molar-refractivity contribution in [1.29, 1.82) is 0 Å². The maximum Gasteiger partial charge on any atom is 0.340 e. The molecule has 0 aromatic heterocycles. The predicted molar refractivity (Wildman–Crippen MR) is 146 cm³/mol. The molecule has 180 valence electrons. The van der Waals surface area contributed by atoms with Crippen LogP contribution in [0.25, 0.3) is 0 Å². The number of anilines is 3. The molecule has 5 nitrogen and oxygen atoms in total. The molecule has 2 aliphatic rings. The van der Waals surface area contributed by atoms with Crippen LogP contribution in [0.15, 0.2) is 89.4 Å². The third-order valence-electron chi connectivity index (χ3n) is 6.97. The van der Waals surface area contributed by atoms with Gasteiger partial charge >= 0.3 is 5.97 Å².